The third-order valence-corrected chi connectivity index (χ3v) is 3.20. The molecule has 0 amide bonds. The second-order valence-electron chi connectivity index (χ2n) is 4.76. The lowest BCUT2D eigenvalue weighted by atomic mass is 10.1. The summed E-state index contributed by atoms with van der Waals surface area (Å²) < 4.78 is 38.3. The van der Waals surface area contributed by atoms with E-state index in [1.54, 1.807) is 6.07 Å². The van der Waals surface area contributed by atoms with Gasteiger partial charge in [0, 0.05) is 11.4 Å². The lowest BCUT2D eigenvalue weighted by molar-refractivity contribution is -0.137. The lowest BCUT2D eigenvalue weighted by Gasteiger charge is -2.14. The van der Waals surface area contributed by atoms with Gasteiger partial charge in [-0.2, -0.15) is 18.4 Å². The van der Waals surface area contributed by atoms with Crippen LogP contribution in [0.3, 0.4) is 0 Å². The van der Waals surface area contributed by atoms with Crippen LogP contribution in [0.4, 0.5) is 24.5 Å². The minimum absolute atomic E-state index is 0.390. The number of aryl methyl sites for hydroxylation is 2. The number of nitrogens with one attached hydrogen (secondary N) is 1. The van der Waals surface area contributed by atoms with Crippen LogP contribution in [-0.4, -0.2) is 0 Å². The van der Waals surface area contributed by atoms with Crippen molar-refractivity contribution < 1.29 is 13.2 Å². The first-order valence-corrected chi connectivity index (χ1v) is 6.27. The molecule has 0 unspecified atom stereocenters. The Bertz CT molecular complexity index is 692. The Labute approximate surface area is 120 Å². The van der Waals surface area contributed by atoms with Crippen molar-refractivity contribution >= 4 is 11.4 Å². The fraction of sp³-hybridized carbons (Fsp3) is 0.188. The van der Waals surface area contributed by atoms with Crippen LogP contribution in [0, 0.1) is 25.2 Å². The second-order valence-corrected chi connectivity index (χ2v) is 4.76. The second kappa shape index (κ2) is 5.49. The molecule has 2 aromatic rings. The standard InChI is InChI=1S/C16H13F3N2/c1-10-4-3-5-11(2)15(10)21-13-6-7-14(16(17,18)19)12(8-13)9-20/h3-8,21H,1-2H3. The molecule has 0 heterocycles. The van der Waals surface area contributed by atoms with E-state index in [0.717, 1.165) is 22.9 Å². The summed E-state index contributed by atoms with van der Waals surface area (Å²) in [7, 11) is 0. The molecule has 2 rings (SSSR count). The fourth-order valence-corrected chi connectivity index (χ4v) is 2.12. The molecule has 0 aromatic heterocycles. The predicted molar refractivity (Wildman–Crippen MR) is 75.4 cm³/mol. The number of halogens is 3. The van der Waals surface area contributed by atoms with E-state index in [1.807, 2.05) is 32.0 Å². The average Bonchev–Trinajstić information content (AvgIpc) is 2.41. The van der Waals surface area contributed by atoms with Crippen molar-refractivity contribution in [3.63, 3.8) is 0 Å². The molecule has 0 aliphatic heterocycles. The van der Waals surface area contributed by atoms with E-state index in [1.165, 1.54) is 12.1 Å². The molecule has 21 heavy (non-hydrogen) atoms. The molecular formula is C16H13F3N2. The van der Waals surface area contributed by atoms with Crippen LogP contribution in [-0.2, 0) is 6.18 Å². The van der Waals surface area contributed by atoms with E-state index in [9.17, 15) is 13.2 Å². The minimum Gasteiger partial charge on any atom is -0.355 e. The Hall–Kier alpha value is -2.48. The van der Waals surface area contributed by atoms with Crippen molar-refractivity contribution in [1.82, 2.24) is 0 Å². The summed E-state index contributed by atoms with van der Waals surface area (Å²) in [6.07, 6.45) is -4.53. The zero-order valence-electron chi connectivity index (χ0n) is 11.5. The molecule has 0 bridgehead atoms. The van der Waals surface area contributed by atoms with Gasteiger partial charge in [-0.25, -0.2) is 0 Å². The molecule has 0 aliphatic carbocycles. The predicted octanol–water partition coefficient (Wildman–Crippen LogP) is 4.94. The maximum atomic E-state index is 12.8. The summed E-state index contributed by atoms with van der Waals surface area (Å²) in [6.45, 7) is 3.81. The Morgan fingerprint density at radius 3 is 2.19 bits per heavy atom. The average molecular weight is 290 g/mol. The summed E-state index contributed by atoms with van der Waals surface area (Å²) in [6, 6.07) is 10.8. The van der Waals surface area contributed by atoms with Gasteiger partial charge in [0.2, 0.25) is 0 Å². The number of hydrogen-bond donors (Lipinski definition) is 1. The summed E-state index contributed by atoms with van der Waals surface area (Å²) in [5, 5.41) is 12.0. The zero-order chi connectivity index (χ0) is 15.6. The minimum atomic E-state index is -4.53. The molecule has 108 valence electrons. The number of hydrogen-bond acceptors (Lipinski definition) is 2. The molecule has 1 N–H and O–H groups in total. The van der Waals surface area contributed by atoms with Crippen LogP contribution in [0.2, 0.25) is 0 Å². The quantitative estimate of drug-likeness (QED) is 0.850. The molecule has 0 fully saturated rings. The summed E-state index contributed by atoms with van der Waals surface area (Å²) >= 11 is 0. The highest BCUT2D eigenvalue weighted by Gasteiger charge is 2.33. The highest BCUT2D eigenvalue weighted by Crippen LogP contribution is 2.34. The van der Waals surface area contributed by atoms with E-state index < -0.39 is 17.3 Å². The van der Waals surface area contributed by atoms with Crippen molar-refractivity contribution in [2.75, 3.05) is 5.32 Å². The normalized spacial score (nSPS) is 11.0. The van der Waals surface area contributed by atoms with Gasteiger partial charge in [-0.3, -0.25) is 0 Å². The van der Waals surface area contributed by atoms with Gasteiger partial charge in [-0.05, 0) is 43.2 Å². The number of nitriles is 1. The molecule has 0 radical (unpaired) electrons. The summed E-state index contributed by atoms with van der Waals surface area (Å²) in [5.41, 5.74) is 1.94. The number of para-hydroxylation sites is 1. The molecule has 0 aliphatic rings. The first-order chi connectivity index (χ1) is 9.82. The number of alkyl halides is 3. The van der Waals surface area contributed by atoms with E-state index in [2.05, 4.69) is 5.32 Å². The van der Waals surface area contributed by atoms with Crippen LogP contribution >= 0.6 is 0 Å². The molecule has 5 heteroatoms. The van der Waals surface area contributed by atoms with Gasteiger partial charge in [-0.15, -0.1) is 0 Å². The number of benzene rings is 2. The third kappa shape index (κ3) is 3.16. The van der Waals surface area contributed by atoms with Gasteiger partial charge in [0.15, 0.2) is 0 Å². The van der Waals surface area contributed by atoms with E-state index in [4.69, 9.17) is 5.26 Å². The number of nitrogens with zero attached hydrogens (tertiary/aromatic N) is 1. The van der Waals surface area contributed by atoms with Gasteiger partial charge in [0.05, 0.1) is 17.2 Å². The Kier molecular flexibility index (Phi) is 3.90. The third-order valence-electron chi connectivity index (χ3n) is 3.20. The summed E-state index contributed by atoms with van der Waals surface area (Å²) in [5.74, 6) is 0. The first-order valence-electron chi connectivity index (χ1n) is 6.27. The largest absolute Gasteiger partial charge is 0.417 e. The van der Waals surface area contributed by atoms with E-state index in [-0.39, 0.29) is 0 Å². The maximum absolute atomic E-state index is 12.8. The fourth-order valence-electron chi connectivity index (χ4n) is 2.12. The molecule has 0 spiro atoms. The van der Waals surface area contributed by atoms with Gasteiger partial charge < -0.3 is 5.32 Å². The zero-order valence-corrected chi connectivity index (χ0v) is 11.5. The van der Waals surface area contributed by atoms with Crippen molar-refractivity contribution in [3.8, 4) is 6.07 Å². The van der Waals surface area contributed by atoms with Gasteiger partial charge in [0.25, 0.3) is 0 Å². The smallest absolute Gasteiger partial charge is 0.355 e. The molecule has 2 nitrogen and oxygen atoms in total. The lowest BCUT2D eigenvalue weighted by Crippen LogP contribution is -2.08. The highest BCUT2D eigenvalue weighted by atomic mass is 19.4. The van der Waals surface area contributed by atoms with Crippen LogP contribution in [0.1, 0.15) is 22.3 Å². The number of rotatable bonds is 2. The van der Waals surface area contributed by atoms with Crippen molar-refractivity contribution in [1.29, 1.82) is 5.26 Å². The number of anilines is 2. The molecule has 0 atom stereocenters. The topological polar surface area (TPSA) is 35.8 Å². The van der Waals surface area contributed by atoms with Crippen LogP contribution in [0.5, 0.6) is 0 Å². The van der Waals surface area contributed by atoms with Crippen LogP contribution in [0.25, 0.3) is 0 Å². The van der Waals surface area contributed by atoms with Crippen LogP contribution in [0.15, 0.2) is 36.4 Å². The molecule has 0 saturated carbocycles. The monoisotopic (exact) mass is 290 g/mol. The van der Waals surface area contributed by atoms with Gasteiger partial charge in [0.1, 0.15) is 0 Å². The SMILES string of the molecule is Cc1cccc(C)c1Nc1ccc(C(F)(F)F)c(C#N)c1. The molecule has 0 saturated heterocycles. The van der Waals surface area contributed by atoms with Crippen molar-refractivity contribution in [2.24, 2.45) is 0 Å². The van der Waals surface area contributed by atoms with E-state index in [0.29, 0.717) is 5.69 Å². The Morgan fingerprint density at radius 1 is 1.05 bits per heavy atom. The molecular weight excluding hydrogens is 277 g/mol. The van der Waals surface area contributed by atoms with Gasteiger partial charge >= 0.3 is 6.18 Å². The molecule has 2 aromatic carbocycles. The Morgan fingerprint density at radius 2 is 1.67 bits per heavy atom. The van der Waals surface area contributed by atoms with Gasteiger partial charge in [-0.1, -0.05) is 18.2 Å². The summed E-state index contributed by atoms with van der Waals surface area (Å²) in [4.78, 5) is 0. The van der Waals surface area contributed by atoms with E-state index >= 15 is 0 Å². The first kappa shape index (κ1) is 14.9. The Balaban J connectivity index is 2.42. The highest BCUT2D eigenvalue weighted by molar-refractivity contribution is 5.68. The maximum Gasteiger partial charge on any atom is 0.417 e. The van der Waals surface area contributed by atoms with Crippen molar-refractivity contribution in [3.05, 3.63) is 58.7 Å². The van der Waals surface area contributed by atoms with Crippen molar-refractivity contribution in [2.45, 2.75) is 20.0 Å². The van der Waals surface area contributed by atoms with Crippen LogP contribution < -0.4 is 5.32 Å².